The highest BCUT2D eigenvalue weighted by Gasteiger charge is 2.25. The molecule has 5 nitrogen and oxygen atoms in total. The molecule has 1 aliphatic rings. The predicted octanol–water partition coefficient (Wildman–Crippen LogP) is 4.66. The zero-order chi connectivity index (χ0) is 20.4. The lowest BCUT2D eigenvalue weighted by Crippen LogP contribution is -2.29. The molecule has 0 fully saturated rings. The number of benzene rings is 2. The fraction of sp³-hybridized carbons (Fsp3) is 0.304. The number of aromatic nitrogens is 1. The average molecular weight is 409 g/mol. The number of para-hydroxylation sites is 1. The lowest BCUT2D eigenvalue weighted by Gasteiger charge is -2.18. The zero-order valence-corrected chi connectivity index (χ0v) is 17.7. The number of methoxy groups -OCH3 is 2. The Bertz CT molecular complexity index is 1040. The first kappa shape index (κ1) is 19.5. The minimum atomic E-state index is 0.130. The molecule has 2 heterocycles. The maximum Gasteiger partial charge on any atom is 0.227 e. The van der Waals surface area contributed by atoms with E-state index >= 15 is 0 Å². The number of fused-ring (bicyclic) bond motifs is 1. The highest BCUT2D eigenvalue weighted by molar-refractivity contribution is 7.09. The largest absolute Gasteiger partial charge is 0.493 e. The van der Waals surface area contributed by atoms with Crippen molar-refractivity contribution >= 4 is 22.9 Å². The summed E-state index contributed by atoms with van der Waals surface area (Å²) in [7, 11) is 3.25. The van der Waals surface area contributed by atoms with Gasteiger partial charge in [-0.3, -0.25) is 4.79 Å². The van der Waals surface area contributed by atoms with E-state index in [0.29, 0.717) is 24.3 Å². The predicted molar refractivity (Wildman–Crippen MR) is 116 cm³/mol. The van der Waals surface area contributed by atoms with Crippen LogP contribution in [0.1, 0.15) is 22.6 Å². The number of carbonyl (C=O) groups is 1. The summed E-state index contributed by atoms with van der Waals surface area (Å²) in [6, 6.07) is 12.0. The standard InChI is InChI=1S/C23H24N2O3S/c1-15-24-19(14-29-15)17-7-9-20-18(13-17)11-12-25(20)22(26)10-8-16-5-4-6-21(27-2)23(16)28-3/h4-7,9,13-14H,8,10-12H2,1-3H3. The van der Waals surface area contributed by atoms with Crippen LogP contribution in [0.4, 0.5) is 5.69 Å². The number of carbonyl (C=O) groups excluding carboxylic acids is 1. The Hall–Kier alpha value is -2.86. The Kier molecular flexibility index (Phi) is 5.53. The summed E-state index contributed by atoms with van der Waals surface area (Å²) in [5.41, 5.74) is 5.33. The van der Waals surface area contributed by atoms with Crippen molar-refractivity contribution in [2.75, 3.05) is 25.7 Å². The van der Waals surface area contributed by atoms with Gasteiger partial charge in [-0.05, 0) is 49.1 Å². The molecule has 29 heavy (non-hydrogen) atoms. The van der Waals surface area contributed by atoms with Gasteiger partial charge in [0.05, 0.1) is 24.9 Å². The van der Waals surface area contributed by atoms with Crippen LogP contribution in [0.5, 0.6) is 11.5 Å². The first-order valence-corrected chi connectivity index (χ1v) is 10.5. The summed E-state index contributed by atoms with van der Waals surface area (Å²) in [5.74, 6) is 1.52. The summed E-state index contributed by atoms with van der Waals surface area (Å²) >= 11 is 1.65. The van der Waals surface area contributed by atoms with Crippen LogP contribution in [-0.4, -0.2) is 31.7 Å². The van der Waals surface area contributed by atoms with Crippen LogP contribution < -0.4 is 14.4 Å². The highest BCUT2D eigenvalue weighted by Crippen LogP contribution is 2.34. The summed E-state index contributed by atoms with van der Waals surface area (Å²) in [5, 5.41) is 3.14. The third-order valence-electron chi connectivity index (χ3n) is 5.28. The van der Waals surface area contributed by atoms with Gasteiger partial charge in [-0.1, -0.05) is 18.2 Å². The monoisotopic (exact) mass is 408 g/mol. The fourth-order valence-electron chi connectivity index (χ4n) is 3.84. The van der Waals surface area contributed by atoms with Crippen molar-refractivity contribution in [3.63, 3.8) is 0 Å². The van der Waals surface area contributed by atoms with E-state index in [0.717, 1.165) is 40.5 Å². The van der Waals surface area contributed by atoms with Crippen LogP contribution in [0.3, 0.4) is 0 Å². The Morgan fingerprint density at radius 2 is 2.07 bits per heavy atom. The number of nitrogens with zero attached hydrogens (tertiary/aromatic N) is 2. The maximum absolute atomic E-state index is 12.9. The van der Waals surface area contributed by atoms with Crippen LogP contribution >= 0.6 is 11.3 Å². The Balaban J connectivity index is 1.48. The molecule has 2 aromatic carbocycles. The number of rotatable bonds is 6. The first-order chi connectivity index (χ1) is 14.1. The lowest BCUT2D eigenvalue weighted by atomic mass is 10.1. The molecule has 0 saturated carbocycles. The number of anilines is 1. The summed E-state index contributed by atoms with van der Waals surface area (Å²) in [6.45, 7) is 2.74. The first-order valence-electron chi connectivity index (χ1n) is 9.66. The quantitative estimate of drug-likeness (QED) is 0.595. The molecule has 4 rings (SSSR count). The molecular formula is C23H24N2O3S. The van der Waals surface area contributed by atoms with Crippen LogP contribution in [0.25, 0.3) is 11.3 Å². The topological polar surface area (TPSA) is 51.7 Å². The molecule has 6 heteroatoms. The molecule has 150 valence electrons. The second-order valence-electron chi connectivity index (χ2n) is 7.04. The van der Waals surface area contributed by atoms with E-state index in [1.54, 1.807) is 25.6 Å². The molecule has 0 atom stereocenters. The van der Waals surface area contributed by atoms with Crippen molar-refractivity contribution in [1.82, 2.24) is 4.98 Å². The van der Waals surface area contributed by atoms with Crippen LogP contribution in [-0.2, 0) is 17.6 Å². The average Bonchev–Trinajstić information content (AvgIpc) is 3.37. The van der Waals surface area contributed by atoms with E-state index < -0.39 is 0 Å². The number of thiazole rings is 1. The third kappa shape index (κ3) is 3.85. The van der Waals surface area contributed by atoms with Crippen molar-refractivity contribution in [3.05, 3.63) is 57.9 Å². The van der Waals surface area contributed by atoms with Gasteiger partial charge >= 0.3 is 0 Å². The minimum absolute atomic E-state index is 0.130. The number of hydrogen-bond donors (Lipinski definition) is 0. The normalized spacial score (nSPS) is 12.7. The molecule has 0 N–H and O–H groups in total. The van der Waals surface area contributed by atoms with Crippen molar-refractivity contribution in [3.8, 4) is 22.8 Å². The van der Waals surface area contributed by atoms with E-state index in [4.69, 9.17) is 9.47 Å². The molecule has 1 aliphatic heterocycles. The Morgan fingerprint density at radius 3 is 2.79 bits per heavy atom. The SMILES string of the molecule is COc1cccc(CCC(=O)N2CCc3cc(-c4csc(C)n4)ccc32)c1OC. The fourth-order valence-corrected chi connectivity index (χ4v) is 4.47. The minimum Gasteiger partial charge on any atom is -0.493 e. The summed E-state index contributed by atoms with van der Waals surface area (Å²) < 4.78 is 10.8. The van der Waals surface area contributed by atoms with Gasteiger partial charge in [0.1, 0.15) is 0 Å². The van der Waals surface area contributed by atoms with Gasteiger partial charge in [0, 0.05) is 29.6 Å². The lowest BCUT2D eigenvalue weighted by molar-refractivity contribution is -0.118. The molecule has 3 aromatic rings. The van der Waals surface area contributed by atoms with Crippen molar-refractivity contribution in [2.45, 2.75) is 26.2 Å². The molecule has 0 unspecified atom stereocenters. The maximum atomic E-state index is 12.9. The number of amides is 1. The zero-order valence-electron chi connectivity index (χ0n) is 16.9. The number of ether oxygens (including phenoxy) is 2. The second-order valence-corrected chi connectivity index (χ2v) is 8.11. The van der Waals surface area contributed by atoms with Crippen molar-refractivity contribution < 1.29 is 14.3 Å². The van der Waals surface area contributed by atoms with Gasteiger partial charge in [0.15, 0.2) is 11.5 Å². The third-order valence-corrected chi connectivity index (χ3v) is 6.06. The van der Waals surface area contributed by atoms with Crippen molar-refractivity contribution in [1.29, 1.82) is 0 Å². The molecule has 0 radical (unpaired) electrons. The molecule has 0 saturated heterocycles. The Morgan fingerprint density at radius 1 is 1.21 bits per heavy atom. The van der Waals surface area contributed by atoms with E-state index in [2.05, 4.69) is 28.6 Å². The summed E-state index contributed by atoms with van der Waals surface area (Å²) in [6.07, 6.45) is 1.91. The van der Waals surface area contributed by atoms with Crippen LogP contribution in [0.2, 0.25) is 0 Å². The number of hydrogen-bond acceptors (Lipinski definition) is 5. The van der Waals surface area contributed by atoms with Gasteiger partial charge in [-0.15, -0.1) is 11.3 Å². The molecule has 0 aliphatic carbocycles. The van der Waals surface area contributed by atoms with Gasteiger partial charge in [-0.25, -0.2) is 4.98 Å². The van der Waals surface area contributed by atoms with Gasteiger partial charge in [0.2, 0.25) is 5.91 Å². The molecule has 1 aromatic heterocycles. The highest BCUT2D eigenvalue weighted by atomic mass is 32.1. The Labute approximate surface area is 174 Å². The van der Waals surface area contributed by atoms with E-state index in [9.17, 15) is 4.79 Å². The van der Waals surface area contributed by atoms with Crippen molar-refractivity contribution in [2.24, 2.45) is 0 Å². The number of aryl methyl sites for hydroxylation is 2. The molecule has 1 amide bonds. The molecular weight excluding hydrogens is 384 g/mol. The molecule has 0 spiro atoms. The summed E-state index contributed by atoms with van der Waals surface area (Å²) in [4.78, 5) is 19.4. The van der Waals surface area contributed by atoms with E-state index in [1.165, 1.54) is 5.56 Å². The van der Waals surface area contributed by atoms with Crippen LogP contribution in [0, 0.1) is 6.92 Å². The van der Waals surface area contributed by atoms with E-state index in [-0.39, 0.29) is 5.91 Å². The van der Waals surface area contributed by atoms with Gasteiger partial charge < -0.3 is 14.4 Å². The van der Waals surface area contributed by atoms with Gasteiger partial charge in [0.25, 0.3) is 0 Å². The van der Waals surface area contributed by atoms with Crippen LogP contribution in [0.15, 0.2) is 41.8 Å². The smallest absolute Gasteiger partial charge is 0.227 e. The molecule has 0 bridgehead atoms. The van der Waals surface area contributed by atoms with E-state index in [1.807, 2.05) is 30.0 Å². The van der Waals surface area contributed by atoms with Gasteiger partial charge in [-0.2, -0.15) is 0 Å². The second kappa shape index (κ2) is 8.25.